The summed E-state index contributed by atoms with van der Waals surface area (Å²) in [5, 5.41) is 0. The molecule has 0 fully saturated rings. The van der Waals surface area contributed by atoms with Gasteiger partial charge >= 0.3 is 0 Å². The fourth-order valence-corrected chi connectivity index (χ4v) is 4.76. The summed E-state index contributed by atoms with van der Waals surface area (Å²) in [4.78, 5) is 9.32. The first-order valence-corrected chi connectivity index (χ1v) is 12.4. The summed E-state index contributed by atoms with van der Waals surface area (Å²) in [5.41, 5.74) is 3.37. The van der Waals surface area contributed by atoms with Crippen LogP contribution in [0.5, 0.6) is 11.5 Å². The molecule has 2 aromatic carbocycles. The highest BCUT2D eigenvalue weighted by atomic mass is 16.5. The number of imidazole rings is 1. The lowest BCUT2D eigenvalue weighted by atomic mass is 9.70. The zero-order valence-electron chi connectivity index (χ0n) is 20.6. The van der Waals surface area contributed by atoms with Crippen LogP contribution in [-0.4, -0.2) is 14.5 Å². The van der Waals surface area contributed by atoms with Crippen molar-refractivity contribution >= 4 is 0 Å². The van der Waals surface area contributed by atoms with Gasteiger partial charge in [0.2, 0.25) is 0 Å². The zero-order chi connectivity index (χ0) is 23.8. The lowest BCUT2D eigenvalue weighted by Gasteiger charge is -2.34. The fraction of sp³-hybridized carbons (Fsp3) is 0.333. The van der Waals surface area contributed by atoms with Crippen LogP contribution in [0.3, 0.4) is 0 Å². The lowest BCUT2D eigenvalue weighted by Crippen LogP contribution is -2.29. The Morgan fingerprint density at radius 3 is 2.18 bits per heavy atom. The molecule has 0 radical (unpaired) electrons. The standard InChI is InChI=1S/C30H35N3O/c1-4-6-17-30(18-7-5-2,28-16-8-9-19-31-28)25-13-11-15-27(23-25)34-26-14-10-12-24(22-26)29-32-20-21-33(29)3/h8-16,19-23H,4-7,17-18H2,1-3H3. The summed E-state index contributed by atoms with van der Waals surface area (Å²) in [6.07, 6.45) is 12.5. The molecular formula is C30H35N3O. The van der Waals surface area contributed by atoms with Crippen molar-refractivity contribution in [2.75, 3.05) is 0 Å². The Labute approximate surface area is 203 Å². The molecular weight excluding hydrogens is 418 g/mol. The Hall–Kier alpha value is -3.40. The summed E-state index contributed by atoms with van der Waals surface area (Å²) in [5.74, 6) is 2.58. The van der Waals surface area contributed by atoms with Crippen LogP contribution in [0.1, 0.15) is 63.6 Å². The monoisotopic (exact) mass is 453 g/mol. The van der Waals surface area contributed by atoms with Crippen LogP contribution in [0.4, 0.5) is 0 Å². The van der Waals surface area contributed by atoms with Crippen molar-refractivity contribution < 1.29 is 4.74 Å². The normalized spacial score (nSPS) is 11.5. The third kappa shape index (κ3) is 5.22. The van der Waals surface area contributed by atoms with Crippen molar-refractivity contribution in [3.63, 3.8) is 0 Å². The lowest BCUT2D eigenvalue weighted by molar-refractivity contribution is 0.393. The Bertz CT molecular complexity index is 1170. The third-order valence-electron chi connectivity index (χ3n) is 6.61. The van der Waals surface area contributed by atoms with Crippen LogP contribution >= 0.6 is 0 Å². The average Bonchev–Trinajstić information content (AvgIpc) is 3.31. The van der Waals surface area contributed by atoms with Gasteiger partial charge in [-0.25, -0.2) is 4.98 Å². The van der Waals surface area contributed by atoms with Crippen LogP contribution in [0.2, 0.25) is 0 Å². The van der Waals surface area contributed by atoms with Crippen LogP contribution in [0.25, 0.3) is 11.4 Å². The summed E-state index contributed by atoms with van der Waals surface area (Å²) >= 11 is 0. The first-order valence-electron chi connectivity index (χ1n) is 12.4. The minimum atomic E-state index is -0.110. The van der Waals surface area contributed by atoms with Crippen molar-refractivity contribution in [1.29, 1.82) is 0 Å². The SMILES string of the molecule is CCCCC(CCCC)(c1cccc(Oc2cccc(-c3nccn3C)c2)c1)c1ccccn1. The topological polar surface area (TPSA) is 39.9 Å². The molecule has 0 N–H and O–H groups in total. The predicted molar refractivity (Wildman–Crippen MR) is 139 cm³/mol. The van der Waals surface area contributed by atoms with Crippen LogP contribution in [-0.2, 0) is 12.5 Å². The highest BCUT2D eigenvalue weighted by Crippen LogP contribution is 2.42. The van der Waals surface area contributed by atoms with E-state index in [4.69, 9.17) is 9.72 Å². The number of hydrogen-bond acceptors (Lipinski definition) is 3. The Balaban J connectivity index is 1.69. The highest BCUT2D eigenvalue weighted by molar-refractivity contribution is 5.58. The van der Waals surface area contributed by atoms with Crippen molar-refractivity contribution in [3.8, 4) is 22.9 Å². The molecule has 0 aliphatic rings. The minimum absolute atomic E-state index is 0.110. The molecule has 4 rings (SSSR count). The molecule has 0 saturated heterocycles. The molecule has 2 aromatic heterocycles. The number of unbranched alkanes of at least 4 members (excludes halogenated alkanes) is 2. The Morgan fingerprint density at radius 1 is 0.794 bits per heavy atom. The molecule has 0 amide bonds. The maximum atomic E-state index is 6.38. The van der Waals surface area contributed by atoms with Crippen molar-refractivity contribution in [1.82, 2.24) is 14.5 Å². The van der Waals surface area contributed by atoms with E-state index in [1.54, 1.807) is 0 Å². The van der Waals surface area contributed by atoms with Gasteiger partial charge in [0.1, 0.15) is 17.3 Å². The molecule has 0 aliphatic heterocycles. The molecule has 0 atom stereocenters. The molecule has 0 unspecified atom stereocenters. The van der Waals surface area contributed by atoms with Gasteiger partial charge in [0, 0.05) is 36.6 Å². The number of rotatable bonds is 11. The van der Waals surface area contributed by atoms with E-state index in [0.717, 1.165) is 67.1 Å². The van der Waals surface area contributed by atoms with Gasteiger partial charge in [0.15, 0.2) is 0 Å². The summed E-state index contributed by atoms with van der Waals surface area (Å²) in [6, 6.07) is 23.1. The first-order chi connectivity index (χ1) is 16.7. The van der Waals surface area contributed by atoms with E-state index in [2.05, 4.69) is 61.3 Å². The zero-order valence-corrected chi connectivity index (χ0v) is 20.6. The third-order valence-corrected chi connectivity index (χ3v) is 6.61. The van der Waals surface area contributed by atoms with Gasteiger partial charge in [-0.05, 0) is 54.8 Å². The number of nitrogens with zero attached hydrogens (tertiary/aromatic N) is 3. The number of benzene rings is 2. The molecule has 176 valence electrons. The smallest absolute Gasteiger partial charge is 0.139 e. The van der Waals surface area contributed by atoms with E-state index in [9.17, 15) is 0 Å². The highest BCUT2D eigenvalue weighted by Gasteiger charge is 2.34. The second-order valence-corrected chi connectivity index (χ2v) is 9.02. The second kappa shape index (κ2) is 11.1. The predicted octanol–water partition coefficient (Wildman–Crippen LogP) is 7.94. The first kappa shape index (κ1) is 23.7. The van der Waals surface area contributed by atoms with E-state index >= 15 is 0 Å². The summed E-state index contributed by atoms with van der Waals surface area (Å²) in [6.45, 7) is 4.52. The van der Waals surface area contributed by atoms with Gasteiger partial charge in [-0.2, -0.15) is 0 Å². The van der Waals surface area contributed by atoms with E-state index < -0.39 is 0 Å². The number of hydrogen-bond donors (Lipinski definition) is 0. The molecule has 34 heavy (non-hydrogen) atoms. The fourth-order valence-electron chi connectivity index (χ4n) is 4.76. The maximum absolute atomic E-state index is 6.38. The number of ether oxygens (including phenoxy) is 1. The van der Waals surface area contributed by atoms with Crippen molar-refractivity contribution in [3.05, 3.63) is 96.6 Å². The van der Waals surface area contributed by atoms with E-state index in [-0.39, 0.29) is 5.41 Å². The van der Waals surface area contributed by atoms with Gasteiger partial charge in [0.05, 0.1) is 5.69 Å². The molecule has 4 aromatic rings. The van der Waals surface area contributed by atoms with E-state index in [1.165, 1.54) is 5.56 Å². The molecule has 0 saturated carbocycles. The number of pyridine rings is 1. The molecule has 0 aliphatic carbocycles. The number of aromatic nitrogens is 3. The molecule has 4 nitrogen and oxygen atoms in total. The second-order valence-electron chi connectivity index (χ2n) is 9.02. The molecule has 0 bridgehead atoms. The van der Waals surface area contributed by atoms with Gasteiger partial charge in [-0.3, -0.25) is 4.98 Å². The maximum Gasteiger partial charge on any atom is 0.139 e. The van der Waals surface area contributed by atoms with E-state index in [0.29, 0.717) is 0 Å². The molecule has 4 heteroatoms. The minimum Gasteiger partial charge on any atom is -0.457 e. The van der Waals surface area contributed by atoms with Crippen molar-refractivity contribution in [2.45, 2.75) is 57.8 Å². The Kier molecular flexibility index (Phi) is 7.79. The van der Waals surface area contributed by atoms with Gasteiger partial charge in [-0.1, -0.05) is 69.9 Å². The largest absolute Gasteiger partial charge is 0.457 e. The van der Waals surface area contributed by atoms with Crippen molar-refractivity contribution in [2.24, 2.45) is 7.05 Å². The Morgan fingerprint density at radius 2 is 1.53 bits per heavy atom. The molecule has 2 heterocycles. The summed E-state index contributed by atoms with van der Waals surface area (Å²) in [7, 11) is 2.00. The quantitative estimate of drug-likeness (QED) is 0.231. The number of aryl methyl sites for hydroxylation is 1. The summed E-state index contributed by atoms with van der Waals surface area (Å²) < 4.78 is 8.40. The molecule has 0 spiro atoms. The van der Waals surface area contributed by atoms with Crippen LogP contribution < -0.4 is 4.74 Å². The van der Waals surface area contributed by atoms with Gasteiger partial charge < -0.3 is 9.30 Å². The van der Waals surface area contributed by atoms with Gasteiger partial charge in [-0.15, -0.1) is 0 Å². The van der Waals surface area contributed by atoms with Gasteiger partial charge in [0.25, 0.3) is 0 Å². The average molecular weight is 454 g/mol. The van der Waals surface area contributed by atoms with Crippen LogP contribution in [0.15, 0.2) is 85.3 Å². The van der Waals surface area contributed by atoms with Crippen LogP contribution in [0, 0.1) is 0 Å². The van der Waals surface area contributed by atoms with E-state index in [1.807, 2.05) is 54.5 Å².